The molecule has 0 spiro atoms. The monoisotopic (exact) mass is 319 g/mol. The third-order valence-corrected chi connectivity index (χ3v) is 4.57. The highest BCUT2D eigenvalue weighted by molar-refractivity contribution is 7.07. The Morgan fingerprint density at radius 3 is 3.09 bits per heavy atom. The molecule has 1 N–H and O–H groups in total. The van der Waals surface area contributed by atoms with E-state index in [1.54, 1.807) is 30.3 Å². The van der Waals surface area contributed by atoms with Crippen LogP contribution in [0.1, 0.15) is 17.3 Å². The van der Waals surface area contributed by atoms with Crippen LogP contribution in [0, 0.1) is 0 Å². The van der Waals surface area contributed by atoms with Crippen LogP contribution in [0.3, 0.4) is 0 Å². The molecule has 1 atom stereocenters. The van der Waals surface area contributed by atoms with E-state index < -0.39 is 0 Å². The summed E-state index contributed by atoms with van der Waals surface area (Å²) in [5.74, 6) is 0. The standard InChI is InChI=1S/C15H21N5OS/c1-18(2)15(21)16-7-14-10-19(8-12-4-6-22-11-12)9-13-3-5-17-20(13)14/h3-6,11,14H,7-10H2,1-2H3,(H,16,21)/t14-/m0/s1. The molecule has 2 aromatic heterocycles. The summed E-state index contributed by atoms with van der Waals surface area (Å²) >= 11 is 1.73. The van der Waals surface area contributed by atoms with Gasteiger partial charge in [0.1, 0.15) is 0 Å². The SMILES string of the molecule is CN(C)C(=O)NC[C@H]1CN(Cc2ccsc2)Cc2ccnn21. The molecule has 0 aromatic carbocycles. The second-order valence-electron chi connectivity index (χ2n) is 5.80. The number of fused-ring (bicyclic) bond motifs is 1. The first-order valence-corrected chi connectivity index (χ1v) is 8.28. The Morgan fingerprint density at radius 1 is 1.50 bits per heavy atom. The molecule has 3 rings (SSSR count). The van der Waals surface area contributed by atoms with E-state index in [2.05, 4.69) is 38.2 Å². The first kappa shape index (κ1) is 15.1. The molecule has 2 amide bonds. The van der Waals surface area contributed by atoms with Gasteiger partial charge in [-0.2, -0.15) is 16.4 Å². The van der Waals surface area contributed by atoms with Gasteiger partial charge in [0.2, 0.25) is 0 Å². The van der Waals surface area contributed by atoms with E-state index in [0.717, 1.165) is 19.6 Å². The fourth-order valence-electron chi connectivity index (χ4n) is 2.74. The molecule has 22 heavy (non-hydrogen) atoms. The lowest BCUT2D eigenvalue weighted by atomic mass is 10.1. The van der Waals surface area contributed by atoms with E-state index in [1.165, 1.54) is 11.3 Å². The van der Waals surface area contributed by atoms with Crippen LogP contribution in [0.15, 0.2) is 29.1 Å². The third-order valence-electron chi connectivity index (χ3n) is 3.83. The maximum absolute atomic E-state index is 11.7. The number of aromatic nitrogens is 2. The highest BCUT2D eigenvalue weighted by Gasteiger charge is 2.26. The summed E-state index contributed by atoms with van der Waals surface area (Å²) in [4.78, 5) is 15.7. The molecular weight excluding hydrogens is 298 g/mol. The maximum Gasteiger partial charge on any atom is 0.316 e. The number of carbonyl (C=O) groups excluding carboxylic acids is 1. The van der Waals surface area contributed by atoms with Gasteiger partial charge in [0.05, 0.1) is 11.7 Å². The van der Waals surface area contributed by atoms with Crippen molar-refractivity contribution in [3.8, 4) is 0 Å². The highest BCUT2D eigenvalue weighted by atomic mass is 32.1. The Bertz CT molecular complexity index is 622. The molecule has 0 radical (unpaired) electrons. The molecule has 0 fully saturated rings. The van der Waals surface area contributed by atoms with Crippen LogP contribution in [-0.2, 0) is 13.1 Å². The van der Waals surface area contributed by atoms with Crippen LogP contribution in [0.25, 0.3) is 0 Å². The van der Waals surface area contributed by atoms with Gasteiger partial charge >= 0.3 is 6.03 Å². The fraction of sp³-hybridized carbons (Fsp3) is 0.467. The summed E-state index contributed by atoms with van der Waals surface area (Å²) in [6.45, 7) is 3.31. The summed E-state index contributed by atoms with van der Waals surface area (Å²) in [6.07, 6.45) is 1.84. The summed E-state index contributed by atoms with van der Waals surface area (Å²) < 4.78 is 2.04. The predicted molar refractivity (Wildman–Crippen MR) is 86.8 cm³/mol. The van der Waals surface area contributed by atoms with Gasteiger partial charge in [-0.1, -0.05) is 0 Å². The Morgan fingerprint density at radius 2 is 2.36 bits per heavy atom. The van der Waals surface area contributed by atoms with Crippen molar-refractivity contribution in [3.63, 3.8) is 0 Å². The van der Waals surface area contributed by atoms with Gasteiger partial charge in [-0.15, -0.1) is 0 Å². The minimum Gasteiger partial charge on any atom is -0.336 e. The number of hydrogen-bond acceptors (Lipinski definition) is 4. The van der Waals surface area contributed by atoms with E-state index in [9.17, 15) is 4.79 Å². The average molecular weight is 319 g/mol. The topological polar surface area (TPSA) is 53.4 Å². The molecule has 1 aliphatic rings. The van der Waals surface area contributed by atoms with Crippen molar-refractivity contribution in [2.24, 2.45) is 0 Å². The van der Waals surface area contributed by atoms with Crippen molar-refractivity contribution in [1.82, 2.24) is 24.9 Å². The van der Waals surface area contributed by atoms with Crippen molar-refractivity contribution in [1.29, 1.82) is 0 Å². The maximum atomic E-state index is 11.7. The van der Waals surface area contributed by atoms with Gasteiger partial charge in [-0.3, -0.25) is 9.58 Å². The summed E-state index contributed by atoms with van der Waals surface area (Å²) in [5, 5.41) is 11.7. The number of rotatable bonds is 4. The molecule has 2 aromatic rings. The van der Waals surface area contributed by atoms with Gasteiger partial charge in [-0.05, 0) is 28.5 Å². The number of hydrogen-bond donors (Lipinski definition) is 1. The van der Waals surface area contributed by atoms with Crippen molar-refractivity contribution >= 4 is 17.4 Å². The second-order valence-corrected chi connectivity index (χ2v) is 6.58. The normalized spacial score (nSPS) is 18.0. The van der Waals surface area contributed by atoms with Gasteiger partial charge < -0.3 is 10.2 Å². The predicted octanol–water partition coefficient (Wildman–Crippen LogP) is 1.77. The van der Waals surface area contributed by atoms with Crippen LogP contribution in [0.4, 0.5) is 4.79 Å². The molecule has 7 heteroatoms. The fourth-order valence-corrected chi connectivity index (χ4v) is 3.40. The molecular formula is C15H21N5OS. The highest BCUT2D eigenvalue weighted by Crippen LogP contribution is 2.22. The van der Waals surface area contributed by atoms with Gasteiger partial charge in [0, 0.05) is 46.5 Å². The zero-order valence-corrected chi connectivity index (χ0v) is 13.7. The molecule has 118 valence electrons. The van der Waals surface area contributed by atoms with Crippen molar-refractivity contribution in [2.75, 3.05) is 27.2 Å². The molecule has 0 saturated carbocycles. The van der Waals surface area contributed by atoms with Crippen LogP contribution in [-0.4, -0.2) is 52.8 Å². The van der Waals surface area contributed by atoms with Gasteiger partial charge in [0.25, 0.3) is 0 Å². The molecule has 0 bridgehead atoms. The summed E-state index contributed by atoms with van der Waals surface area (Å²) in [5.41, 5.74) is 2.54. The van der Waals surface area contributed by atoms with Crippen LogP contribution in [0.5, 0.6) is 0 Å². The zero-order chi connectivity index (χ0) is 15.5. The van der Waals surface area contributed by atoms with E-state index >= 15 is 0 Å². The van der Waals surface area contributed by atoms with Gasteiger partial charge in [0.15, 0.2) is 0 Å². The van der Waals surface area contributed by atoms with Crippen LogP contribution >= 0.6 is 11.3 Å². The first-order chi connectivity index (χ1) is 10.6. The van der Waals surface area contributed by atoms with Crippen LogP contribution < -0.4 is 5.32 Å². The van der Waals surface area contributed by atoms with Crippen molar-refractivity contribution in [3.05, 3.63) is 40.3 Å². The number of amides is 2. The van der Waals surface area contributed by atoms with Crippen molar-refractivity contribution in [2.45, 2.75) is 19.1 Å². The lowest BCUT2D eigenvalue weighted by molar-refractivity contribution is 0.162. The van der Waals surface area contributed by atoms with Gasteiger partial charge in [-0.25, -0.2) is 4.79 Å². The molecule has 0 saturated heterocycles. The first-order valence-electron chi connectivity index (χ1n) is 7.34. The average Bonchev–Trinajstić information content (AvgIpc) is 3.15. The number of thiophene rings is 1. The van der Waals surface area contributed by atoms with E-state index in [1.807, 2.05) is 10.9 Å². The van der Waals surface area contributed by atoms with E-state index in [0.29, 0.717) is 6.54 Å². The number of urea groups is 1. The summed E-state index contributed by atoms with van der Waals surface area (Å²) in [6, 6.07) is 4.32. The second kappa shape index (κ2) is 6.50. The van der Waals surface area contributed by atoms with Crippen LogP contribution in [0.2, 0.25) is 0 Å². The minimum absolute atomic E-state index is 0.0661. The number of nitrogens with zero attached hydrogens (tertiary/aromatic N) is 4. The summed E-state index contributed by atoms with van der Waals surface area (Å²) in [7, 11) is 3.50. The number of carbonyl (C=O) groups is 1. The third kappa shape index (κ3) is 3.31. The lowest BCUT2D eigenvalue weighted by Crippen LogP contribution is -2.44. The molecule has 6 nitrogen and oxygen atoms in total. The minimum atomic E-state index is -0.0661. The quantitative estimate of drug-likeness (QED) is 0.934. The molecule has 1 aliphatic heterocycles. The van der Waals surface area contributed by atoms with E-state index in [-0.39, 0.29) is 12.1 Å². The molecule has 0 unspecified atom stereocenters. The van der Waals surface area contributed by atoms with Crippen molar-refractivity contribution < 1.29 is 4.79 Å². The Labute approximate surface area is 134 Å². The Hall–Kier alpha value is -1.86. The number of nitrogens with one attached hydrogen (secondary N) is 1. The molecule has 3 heterocycles. The zero-order valence-electron chi connectivity index (χ0n) is 12.9. The Balaban J connectivity index is 1.68. The largest absolute Gasteiger partial charge is 0.336 e. The molecule has 0 aliphatic carbocycles. The van der Waals surface area contributed by atoms with E-state index in [4.69, 9.17) is 0 Å². The Kier molecular flexibility index (Phi) is 4.44. The smallest absolute Gasteiger partial charge is 0.316 e. The lowest BCUT2D eigenvalue weighted by Gasteiger charge is -2.34.